The molecule has 0 saturated carbocycles. The second-order valence-electron chi connectivity index (χ2n) is 6.85. The summed E-state index contributed by atoms with van der Waals surface area (Å²) in [6.07, 6.45) is 5.60. The van der Waals surface area contributed by atoms with Gasteiger partial charge >= 0.3 is 0 Å². The lowest BCUT2D eigenvalue weighted by atomic mass is 10.0. The van der Waals surface area contributed by atoms with Crippen molar-refractivity contribution in [2.24, 2.45) is 4.99 Å². The van der Waals surface area contributed by atoms with E-state index in [0.29, 0.717) is 53.9 Å². The zero-order valence-electron chi connectivity index (χ0n) is 16.4. The van der Waals surface area contributed by atoms with E-state index < -0.39 is 5.79 Å². The molecular weight excluding hydrogens is 393 g/mol. The summed E-state index contributed by atoms with van der Waals surface area (Å²) in [7, 11) is 0. The van der Waals surface area contributed by atoms with Crippen LogP contribution in [0.2, 0.25) is 0 Å². The van der Waals surface area contributed by atoms with E-state index in [4.69, 9.17) is 9.47 Å². The van der Waals surface area contributed by atoms with E-state index in [1.54, 1.807) is 16.8 Å². The minimum Gasteiger partial charge on any atom is -0.344 e. The number of hydrogen-bond acceptors (Lipinski definition) is 5. The molecular formula is C21H22FN3O3S. The fourth-order valence-electron chi connectivity index (χ4n) is 3.74. The van der Waals surface area contributed by atoms with Crippen LogP contribution in [0.3, 0.4) is 0 Å². The summed E-state index contributed by atoms with van der Waals surface area (Å²) in [6, 6.07) is 5.93. The van der Waals surface area contributed by atoms with Gasteiger partial charge < -0.3 is 9.47 Å². The first-order chi connectivity index (χ1) is 14.0. The van der Waals surface area contributed by atoms with Crippen molar-refractivity contribution in [1.82, 2.24) is 9.36 Å². The van der Waals surface area contributed by atoms with Crippen molar-refractivity contribution in [2.45, 2.75) is 25.8 Å². The highest BCUT2D eigenvalue weighted by molar-refractivity contribution is 8.02. The summed E-state index contributed by atoms with van der Waals surface area (Å²) in [5, 5.41) is 0.622. The molecule has 0 amide bonds. The van der Waals surface area contributed by atoms with Gasteiger partial charge in [-0.25, -0.2) is 14.1 Å². The molecule has 0 bridgehead atoms. The van der Waals surface area contributed by atoms with Gasteiger partial charge in [0.1, 0.15) is 5.82 Å². The maximum atomic E-state index is 13.5. The number of allylic oxidation sites excluding steroid dienone is 2. The van der Waals surface area contributed by atoms with Gasteiger partial charge in [-0.05, 0) is 37.0 Å². The number of nitrogens with zero attached hydrogens (tertiary/aromatic N) is 3. The summed E-state index contributed by atoms with van der Waals surface area (Å²) in [6.45, 7) is 7.51. The summed E-state index contributed by atoms with van der Waals surface area (Å²) >= 11 is 1.43. The molecule has 1 saturated heterocycles. The Balaban J connectivity index is 1.95. The van der Waals surface area contributed by atoms with Gasteiger partial charge in [0.2, 0.25) is 5.79 Å². The molecule has 2 aromatic rings. The molecule has 3 heterocycles. The quantitative estimate of drug-likeness (QED) is 0.703. The second kappa shape index (κ2) is 7.78. The van der Waals surface area contributed by atoms with Crippen LogP contribution < -0.4 is 5.56 Å². The number of benzene rings is 1. The fourth-order valence-corrected chi connectivity index (χ4v) is 3.93. The van der Waals surface area contributed by atoms with Crippen LogP contribution in [0.25, 0.3) is 11.1 Å². The van der Waals surface area contributed by atoms with Crippen molar-refractivity contribution in [3.8, 4) is 11.1 Å². The number of aliphatic imine (C=N–C) groups is 1. The molecule has 0 atom stereocenters. The van der Waals surface area contributed by atoms with Crippen LogP contribution in [0.5, 0.6) is 0 Å². The Hall–Kier alpha value is -2.42. The zero-order chi connectivity index (χ0) is 20.6. The van der Waals surface area contributed by atoms with E-state index in [1.807, 2.05) is 30.0 Å². The van der Waals surface area contributed by atoms with Crippen molar-refractivity contribution < 1.29 is 13.9 Å². The molecule has 6 nitrogen and oxygen atoms in total. The Kier molecular flexibility index (Phi) is 5.33. The van der Waals surface area contributed by atoms with Crippen molar-refractivity contribution >= 4 is 17.5 Å². The first-order valence-corrected chi connectivity index (χ1v) is 10.5. The molecule has 1 fully saturated rings. The molecule has 0 N–H and O–H groups in total. The van der Waals surface area contributed by atoms with Crippen LogP contribution in [0.15, 0.2) is 57.8 Å². The average molecular weight is 415 g/mol. The van der Waals surface area contributed by atoms with Crippen LogP contribution >= 0.6 is 11.8 Å². The van der Waals surface area contributed by atoms with Crippen LogP contribution in [0.4, 0.5) is 4.39 Å². The van der Waals surface area contributed by atoms with Gasteiger partial charge in [-0.2, -0.15) is 0 Å². The van der Waals surface area contributed by atoms with E-state index in [2.05, 4.69) is 11.6 Å². The monoisotopic (exact) mass is 415 g/mol. The van der Waals surface area contributed by atoms with Crippen molar-refractivity contribution in [1.29, 1.82) is 0 Å². The van der Waals surface area contributed by atoms with E-state index in [9.17, 15) is 9.18 Å². The highest BCUT2D eigenvalue weighted by atomic mass is 32.2. The van der Waals surface area contributed by atoms with Gasteiger partial charge in [0, 0.05) is 0 Å². The molecule has 0 unspecified atom stereocenters. The van der Waals surface area contributed by atoms with Crippen molar-refractivity contribution in [3.63, 3.8) is 0 Å². The topological polar surface area (TPSA) is 57.8 Å². The smallest absolute Gasteiger partial charge is 0.275 e. The molecule has 4 rings (SSSR count). The third kappa shape index (κ3) is 3.52. The Bertz CT molecular complexity index is 1060. The summed E-state index contributed by atoms with van der Waals surface area (Å²) < 4.78 is 28.6. The predicted molar refractivity (Wildman–Crippen MR) is 113 cm³/mol. The minimum absolute atomic E-state index is 0.186. The van der Waals surface area contributed by atoms with Crippen molar-refractivity contribution in [3.05, 3.63) is 69.9 Å². The molecule has 152 valence electrons. The number of thioether (sulfide) groups is 1. The largest absolute Gasteiger partial charge is 0.344 e. The summed E-state index contributed by atoms with van der Waals surface area (Å²) in [5.74, 6) is -1.18. The van der Waals surface area contributed by atoms with Gasteiger partial charge in [-0.3, -0.25) is 9.48 Å². The van der Waals surface area contributed by atoms with Crippen molar-refractivity contribution in [2.75, 3.05) is 19.5 Å². The van der Waals surface area contributed by atoms with Gasteiger partial charge in [0.05, 0.1) is 48.3 Å². The predicted octanol–water partition coefficient (Wildman–Crippen LogP) is 3.41. The Morgan fingerprint density at radius 3 is 2.52 bits per heavy atom. The molecule has 0 aliphatic carbocycles. The number of aromatic nitrogens is 2. The minimum atomic E-state index is -0.827. The van der Waals surface area contributed by atoms with E-state index in [1.165, 1.54) is 23.9 Å². The normalized spacial score (nSPS) is 18.1. The third-order valence-electron chi connectivity index (χ3n) is 5.01. The number of halogens is 1. The summed E-state index contributed by atoms with van der Waals surface area (Å²) in [5.41, 5.74) is 2.18. The summed E-state index contributed by atoms with van der Waals surface area (Å²) in [4.78, 5) is 18.0. The number of ether oxygens (including phenoxy) is 2. The van der Waals surface area contributed by atoms with Gasteiger partial charge in [-0.1, -0.05) is 24.8 Å². The lowest BCUT2D eigenvalue weighted by Gasteiger charge is -2.20. The second-order valence-corrected chi connectivity index (χ2v) is 7.73. The molecule has 29 heavy (non-hydrogen) atoms. The zero-order valence-corrected chi connectivity index (χ0v) is 17.2. The number of hydrogen-bond donors (Lipinski definition) is 0. The standard InChI is InChI=1S/C21H22FN3O3S/c1-4-5-17(23-14(2)29-3)19-18(15-6-8-16(22)9-7-15)20(26)25-13-21(12-24(19)25)27-10-11-28-21/h4-9H,2,10-13H2,1,3H3/b5-4-,23-17+. The molecule has 1 aromatic heterocycles. The van der Waals surface area contributed by atoms with Crippen LogP contribution in [0, 0.1) is 5.82 Å². The van der Waals surface area contributed by atoms with Crippen LogP contribution in [-0.2, 0) is 22.6 Å². The first-order valence-electron chi connectivity index (χ1n) is 9.30. The Morgan fingerprint density at radius 2 is 1.90 bits per heavy atom. The maximum absolute atomic E-state index is 13.5. The maximum Gasteiger partial charge on any atom is 0.275 e. The van der Waals surface area contributed by atoms with E-state index >= 15 is 0 Å². The first kappa shape index (κ1) is 19.9. The number of rotatable bonds is 5. The van der Waals surface area contributed by atoms with Gasteiger partial charge in [0.15, 0.2) is 0 Å². The van der Waals surface area contributed by atoms with Gasteiger partial charge in [0.25, 0.3) is 5.56 Å². The molecule has 2 aliphatic rings. The van der Waals surface area contributed by atoms with Gasteiger partial charge in [-0.15, -0.1) is 11.8 Å². The van der Waals surface area contributed by atoms with Crippen LogP contribution in [0.1, 0.15) is 12.6 Å². The SMILES string of the molecule is C=C(/N=C(\C=C/C)c1c(-c2ccc(F)cc2)c(=O)n2n1CC1(C2)OCCO1)SC. The lowest BCUT2D eigenvalue weighted by Crippen LogP contribution is -2.34. The molecule has 2 aliphatic heterocycles. The van der Waals surface area contributed by atoms with E-state index in [-0.39, 0.29) is 11.4 Å². The molecule has 8 heteroatoms. The highest BCUT2D eigenvalue weighted by Crippen LogP contribution is 2.33. The fraction of sp³-hybridized carbons (Fsp3) is 0.333. The highest BCUT2D eigenvalue weighted by Gasteiger charge is 2.46. The third-order valence-corrected chi connectivity index (χ3v) is 5.57. The van der Waals surface area contributed by atoms with E-state index in [0.717, 1.165) is 0 Å². The molecule has 1 aromatic carbocycles. The lowest BCUT2D eigenvalue weighted by molar-refractivity contribution is -0.158. The number of fused-ring (bicyclic) bond motifs is 1. The molecule has 0 radical (unpaired) electrons. The average Bonchev–Trinajstić information content (AvgIpc) is 3.39. The Labute approximate surface area is 172 Å². The molecule has 1 spiro atoms. The Morgan fingerprint density at radius 1 is 1.24 bits per heavy atom. The van der Waals surface area contributed by atoms with Crippen LogP contribution in [-0.4, -0.2) is 40.3 Å².